The number of aromatic nitrogens is 3. The fourth-order valence-electron chi connectivity index (χ4n) is 3.14. The molecule has 140 valence electrons. The van der Waals surface area contributed by atoms with Gasteiger partial charge in [0.1, 0.15) is 22.6 Å². The Bertz CT molecular complexity index is 1060. The normalized spacial score (nSPS) is 15.5. The van der Waals surface area contributed by atoms with Gasteiger partial charge in [0.15, 0.2) is 0 Å². The first-order valence-corrected chi connectivity index (χ1v) is 8.96. The molecule has 0 unspecified atom stereocenters. The maximum Gasteiger partial charge on any atom is 0.408 e. The summed E-state index contributed by atoms with van der Waals surface area (Å²) in [4.78, 5) is 30.2. The highest BCUT2D eigenvalue weighted by Gasteiger charge is 2.50. The number of fused-ring (bicyclic) bond motifs is 1. The van der Waals surface area contributed by atoms with Crippen LogP contribution in [-0.2, 0) is 10.3 Å². The minimum absolute atomic E-state index is 0.219. The van der Waals surface area contributed by atoms with Crippen molar-refractivity contribution in [2.45, 2.75) is 44.8 Å². The van der Waals surface area contributed by atoms with Gasteiger partial charge in [0.05, 0.1) is 5.69 Å². The van der Waals surface area contributed by atoms with Crippen molar-refractivity contribution < 1.29 is 9.53 Å². The fraction of sp³-hybridized carbons (Fsp3) is 0.350. The SMILES string of the molecule is CC(C)(C)OC(=O)NC1(c2nc3cccn3c(=O)n2-c2ccccc2)CC1. The Labute approximate surface area is 156 Å². The molecule has 0 saturated heterocycles. The Kier molecular flexibility index (Phi) is 3.83. The number of carbonyl (C=O) groups excluding carboxylic acids is 1. The van der Waals surface area contributed by atoms with Crippen LogP contribution in [0.1, 0.15) is 39.4 Å². The Morgan fingerprint density at radius 3 is 2.48 bits per heavy atom. The largest absolute Gasteiger partial charge is 0.444 e. The van der Waals surface area contributed by atoms with Crippen LogP contribution >= 0.6 is 0 Å². The Hall–Kier alpha value is -3.09. The van der Waals surface area contributed by atoms with Crippen LogP contribution in [0.2, 0.25) is 0 Å². The van der Waals surface area contributed by atoms with Gasteiger partial charge in [-0.2, -0.15) is 0 Å². The number of rotatable bonds is 3. The van der Waals surface area contributed by atoms with Crippen LogP contribution in [-0.4, -0.2) is 25.6 Å². The number of hydrogen-bond acceptors (Lipinski definition) is 4. The Morgan fingerprint density at radius 2 is 1.85 bits per heavy atom. The van der Waals surface area contributed by atoms with Gasteiger partial charge in [-0.1, -0.05) is 18.2 Å². The Morgan fingerprint density at radius 1 is 1.15 bits per heavy atom. The van der Waals surface area contributed by atoms with E-state index in [0.717, 1.165) is 0 Å². The van der Waals surface area contributed by atoms with E-state index >= 15 is 0 Å². The van der Waals surface area contributed by atoms with Crippen molar-refractivity contribution in [3.63, 3.8) is 0 Å². The number of nitrogens with one attached hydrogen (secondary N) is 1. The smallest absolute Gasteiger partial charge is 0.408 e. The summed E-state index contributed by atoms with van der Waals surface area (Å²) in [6.07, 6.45) is 2.57. The van der Waals surface area contributed by atoms with Crippen molar-refractivity contribution >= 4 is 11.7 Å². The van der Waals surface area contributed by atoms with Gasteiger partial charge < -0.3 is 10.1 Å². The lowest BCUT2D eigenvalue weighted by Crippen LogP contribution is -2.43. The molecule has 1 aliphatic carbocycles. The third kappa shape index (κ3) is 3.20. The van der Waals surface area contributed by atoms with E-state index in [1.54, 1.807) is 22.9 Å². The van der Waals surface area contributed by atoms with Crippen molar-refractivity contribution in [2.75, 3.05) is 0 Å². The predicted molar refractivity (Wildman–Crippen MR) is 101 cm³/mol. The van der Waals surface area contributed by atoms with Gasteiger partial charge in [0, 0.05) is 6.20 Å². The third-order valence-corrected chi connectivity index (χ3v) is 4.49. The summed E-state index contributed by atoms with van der Waals surface area (Å²) >= 11 is 0. The van der Waals surface area contributed by atoms with Gasteiger partial charge in [-0.05, 0) is 57.9 Å². The number of carbonyl (C=O) groups is 1. The molecule has 1 fully saturated rings. The molecular weight excluding hydrogens is 344 g/mol. The number of alkyl carbamates (subject to hydrolysis) is 1. The van der Waals surface area contributed by atoms with Crippen molar-refractivity contribution in [3.8, 4) is 5.69 Å². The molecule has 3 aromatic rings. The number of amides is 1. The highest BCUT2D eigenvalue weighted by atomic mass is 16.6. The summed E-state index contributed by atoms with van der Waals surface area (Å²) in [5, 5.41) is 2.94. The second-order valence-corrected chi connectivity index (χ2v) is 7.83. The molecule has 7 nitrogen and oxygen atoms in total. The summed E-state index contributed by atoms with van der Waals surface area (Å²) in [6, 6.07) is 12.9. The van der Waals surface area contributed by atoms with Crippen molar-refractivity contribution in [1.82, 2.24) is 19.3 Å². The van der Waals surface area contributed by atoms with Crippen LogP contribution in [0.15, 0.2) is 53.5 Å². The van der Waals surface area contributed by atoms with Crippen LogP contribution in [0.3, 0.4) is 0 Å². The second-order valence-electron chi connectivity index (χ2n) is 7.83. The summed E-state index contributed by atoms with van der Waals surface area (Å²) in [5.41, 5.74) is -0.262. The molecule has 1 N–H and O–H groups in total. The van der Waals surface area contributed by atoms with E-state index in [0.29, 0.717) is 30.0 Å². The molecule has 1 amide bonds. The first-order valence-electron chi connectivity index (χ1n) is 8.96. The van der Waals surface area contributed by atoms with Gasteiger partial charge in [-0.25, -0.2) is 19.1 Å². The standard InChI is InChI=1S/C20H22N4O3/c1-19(2,3)27-17(25)22-20(11-12-20)16-21-15-10-7-13-23(15)18(26)24(16)14-8-5-4-6-9-14/h4-10,13H,11-12H2,1-3H3,(H,22,25). The predicted octanol–water partition coefficient (Wildman–Crippen LogP) is 3.00. The summed E-state index contributed by atoms with van der Waals surface area (Å²) in [7, 11) is 0. The van der Waals surface area contributed by atoms with E-state index in [9.17, 15) is 9.59 Å². The molecule has 0 aliphatic heterocycles. The van der Waals surface area contributed by atoms with Crippen LogP contribution < -0.4 is 11.0 Å². The number of benzene rings is 1. The maximum atomic E-state index is 13.1. The first kappa shape index (κ1) is 17.3. The van der Waals surface area contributed by atoms with Gasteiger partial charge >= 0.3 is 11.8 Å². The minimum atomic E-state index is -0.705. The second kappa shape index (κ2) is 5.97. The van der Waals surface area contributed by atoms with E-state index in [1.165, 1.54) is 4.40 Å². The molecule has 0 bridgehead atoms. The zero-order chi connectivity index (χ0) is 19.2. The number of ether oxygens (including phenoxy) is 1. The summed E-state index contributed by atoms with van der Waals surface area (Å²) in [6.45, 7) is 5.45. The van der Waals surface area contributed by atoms with Crippen molar-refractivity contribution in [3.05, 3.63) is 65.0 Å². The lowest BCUT2D eigenvalue weighted by atomic mass is 10.2. The van der Waals surface area contributed by atoms with Gasteiger partial charge in [0.2, 0.25) is 0 Å². The molecule has 27 heavy (non-hydrogen) atoms. The zero-order valence-corrected chi connectivity index (χ0v) is 15.6. The van der Waals surface area contributed by atoms with E-state index in [2.05, 4.69) is 5.32 Å². The Balaban J connectivity index is 1.84. The maximum absolute atomic E-state index is 13.1. The van der Waals surface area contributed by atoms with E-state index in [-0.39, 0.29) is 5.69 Å². The molecule has 0 spiro atoms. The highest BCUT2D eigenvalue weighted by Crippen LogP contribution is 2.45. The molecule has 0 atom stereocenters. The molecular formula is C20H22N4O3. The lowest BCUT2D eigenvalue weighted by Gasteiger charge is -2.25. The van der Waals surface area contributed by atoms with Crippen LogP contribution in [0.25, 0.3) is 11.3 Å². The molecule has 7 heteroatoms. The molecule has 2 heterocycles. The quantitative estimate of drug-likeness (QED) is 0.773. The van der Waals surface area contributed by atoms with E-state index in [1.807, 2.05) is 51.1 Å². The molecule has 4 rings (SSSR count). The van der Waals surface area contributed by atoms with E-state index in [4.69, 9.17) is 9.72 Å². The average molecular weight is 366 g/mol. The molecule has 1 saturated carbocycles. The summed E-state index contributed by atoms with van der Waals surface area (Å²) in [5.74, 6) is 0.524. The number of nitrogens with zero attached hydrogens (tertiary/aromatic N) is 3. The number of hydrogen-bond donors (Lipinski definition) is 1. The fourth-order valence-corrected chi connectivity index (χ4v) is 3.14. The van der Waals surface area contributed by atoms with Crippen molar-refractivity contribution in [1.29, 1.82) is 0 Å². The first-order chi connectivity index (χ1) is 12.8. The highest BCUT2D eigenvalue weighted by molar-refractivity contribution is 5.70. The molecule has 1 aromatic carbocycles. The minimum Gasteiger partial charge on any atom is -0.444 e. The van der Waals surface area contributed by atoms with Gasteiger partial charge in [-0.3, -0.25) is 4.40 Å². The molecule has 2 aromatic heterocycles. The molecule has 1 aliphatic rings. The zero-order valence-electron chi connectivity index (χ0n) is 15.6. The molecule has 0 radical (unpaired) electrons. The number of para-hydroxylation sites is 1. The monoisotopic (exact) mass is 366 g/mol. The van der Waals surface area contributed by atoms with Gasteiger partial charge in [0.25, 0.3) is 0 Å². The van der Waals surface area contributed by atoms with Crippen LogP contribution in [0.5, 0.6) is 0 Å². The summed E-state index contributed by atoms with van der Waals surface area (Å²) < 4.78 is 8.48. The van der Waals surface area contributed by atoms with Gasteiger partial charge in [-0.15, -0.1) is 0 Å². The topological polar surface area (TPSA) is 77.6 Å². The van der Waals surface area contributed by atoms with Crippen LogP contribution in [0, 0.1) is 0 Å². The third-order valence-electron chi connectivity index (χ3n) is 4.49. The average Bonchev–Trinajstić information content (AvgIpc) is 3.20. The lowest BCUT2D eigenvalue weighted by molar-refractivity contribution is 0.0491. The van der Waals surface area contributed by atoms with E-state index < -0.39 is 17.2 Å². The van der Waals surface area contributed by atoms with Crippen molar-refractivity contribution in [2.24, 2.45) is 0 Å². The van der Waals surface area contributed by atoms with Crippen LogP contribution in [0.4, 0.5) is 4.79 Å².